The molecule has 0 saturated heterocycles. The Balaban J connectivity index is 1.36. The molecular formula is C44H28O2P2. The second-order valence-electron chi connectivity index (χ2n) is 11.6. The number of benzene rings is 6. The van der Waals surface area contributed by atoms with E-state index in [0.29, 0.717) is 10.6 Å². The largest absolute Gasteiger partial charge is 0.308 e. The van der Waals surface area contributed by atoms with Crippen LogP contribution in [-0.4, -0.2) is 0 Å². The molecule has 0 bridgehead atoms. The zero-order valence-electron chi connectivity index (χ0n) is 25.9. The molecule has 0 saturated carbocycles. The Morgan fingerprint density at radius 1 is 0.354 bits per heavy atom. The Kier molecular flexibility index (Phi) is 7.56. The number of rotatable bonds is 4. The van der Waals surface area contributed by atoms with Gasteiger partial charge in [-0.25, -0.2) is 0 Å². The summed E-state index contributed by atoms with van der Waals surface area (Å²) in [6, 6.07) is 55.0. The van der Waals surface area contributed by atoms with Crippen molar-refractivity contribution in [1.29, 1.82) is 0 Å². The van der Waals surface area contributed by atoms with Crippen LogP contribution in [-0.2, 0) is 9.13 Å². The van der Waals surface area contributed by atoms with E-state index >= 15 is 9.13 Å². The lowest BCUT2D eigenvalue weighted by Crippen LogP contribution is -2.15. The highest BCUT2D eigenvalue weighted by atomic mass is 31.2. The number of hydrogen-bond donors (Lipinski definition) is 0. The van der Waals surface area contributed by atoms with Gasteiger partial charge in [0.2, 0.25) is 0 Å². The summed E-state index contributed by atoms with van der Waals surface area (Å²) in [6.07, 6.45) is 0. The molecule has 2 aliphatic rings. The van der Waals surface area contributed by atoms with Crippen LogP contribution in [0.2, 0.25) is 0 Å². The van der Waals surface area contributed by atoms with Gasteiger partial charge in [-0.05, 0) is 45.9 Å². The van der Waals surface area contributed by atoms with Crippen LogP contribution in [0, 0.1) is 23.7 Å². The first kappa shape index (κ1) is 29.8. The van der Waals surface area contributed by atoms with Crippen LogP contribution >= 0.6 is 14.3 Å². The Morgan fingerprint density at radius 2 is 0.667 bits per heavy atom. The molecule has 0 aromatic heterocycles. The molecule has 6 aromatic rings. The van der Waals surface area contributed by atoms with Gasteiger partial charge in [0, 0.05) is 32.4 Å². The predicted molar refractivity (Wildman–Crippen MR) is 200 cm³/mol. The Hall–Kier alpha value is -5.62. The van der Waals surface area contributed by atoms with Crippen molar-refractivity contribution in [2.45, 2.75) is 0 Å². The lowest BCUT2D eigenvalue weighted by molar-refractivity contribution is 0.591. The molecular weight excluding hydrogens is 622 g/mol. The summed E-state index contributed by atoms with van der Waals surface area (Å²) in [5, 5.41) is 4.15. The van der Waals surface area contributed by atoms with Crippen LogP contribution in [0.3, 0.4) is 0 Å². The zero-order valence-corrected chi connectivity index (χ0v) is 27.7. The lowest BCUT2D eigenvalue weighted by atomic mass is 9.97. The van der Waals surface area contributed by atoms with Crippen LogP contribution in [0.4, 0.5) is 0 Å². The van der Waals surface area contributed by atoms with E-state index in [1.165, 1.54) is 0 Å². The first-order valence-corrected chi connectivity index (χ1v) is 19.2. The van der Waals surface area contributed by atoms with Gasteiger partial charge in [-0.3, -0.25) is 0 Å². The Morgan fingerprint density at radius 3 is 1.04 bits per heavy atom. The fraction of sp³-hybridized carbons (Fsp3) is 0. The van der Waals surface area contributed by atoms with Crippen molar-refractivity contribution in [3.63, 3.8) is 0 Å². The number of allylic oxidation sites excluding steroid dienone is 2. The van der Waals surface area contributed by atoms with E-state index in [1.54, 1.807) is 0 Å². The molecule has 48 heavy (non-hydrogen) atoms. The maximum Gasteiger partial charge on any atom is 0.180 e. The second kappa shape index (κ2) is 12.2. The van der Waals surface area contributed by atoms with Crippen molar-refractivity contribution in [3.8, 4) is 23.7 Å². The summed E-state index contributed by atoms with van der Waals surface area (Å²) in [5.41, 5.74) is 5.46. The monoisotopic (exact) mass is 650 g/mol. The molecule has 2 heterocycles. The van der Waals surface area contributed by atoms with Crippen molar-refractivity contribution in [3.05, 3.63) is 203 Å². The van der Waals surface area contributed by atoms with Crippen molar-refractivity contribution in [2.75, 3.05) is 0 Å². The summed E-state index contributed by atoms with van der Waals surface area (Å²) in [6.45, 7) is 0. The molecule has 8 rings (SSSR count). The predicted octanol–water partition coefficient (Wildman–Crippen LogP) is 8.57. The molecule has 2 atom stereocenters. The first-order valence-electron chi connectivity index (χ1n) is 15.8. The van der Waals surface area contributed by atoms with E-state index in [1.807, 2.05) is 170 Å². The van der Waals surface area contributed by atoms with Gasteiger partial charge in [-0.2, -0.15) is 0 Å². The highest BCUT2D eigenvalue weighted by Crippen LogP contribution is 2.62. The molecule has 0 spiro atoms. The standard InChI is InChI=1S/C44H28O2P2/c45-47(35-23-9-3-10-24-35)39-29-15-13-27-37(39)43(33-19-5-1-6-20-33)41(47)31-17-18-32-42-44(34-21-7-2-8-22-34)38-28-14-16-30-40(38)48(42,46)36-25-11-4-12-26-36/h1-16,19-30H. The maximum absolute atomic E-state index is 15.4. The summed E-state index contributed by atoms with van der Waals surface area (Å²) < 4.78 is 30.8. The minimum absolute atomic E-state index is 0.564. The second-order valence-corrected chi connectivity index (χ2v) is 16.9. The molecule has 6 aromatic carbocycles. The smallest absolute Gasteiger partial charge is 0.180 e. The van der Waals surface area contributed by atoms with E-state index in [4.69, 9.17) is 0 Å². The minimum atomic E-state index is -3.32. The maximum atomic E-state index is 15.4. The normalized spacial score (nSPS) is 19.1. The molecule has 0 N–H and O–H groups in total. The van der Waals surface area contributed by atoms with Gasteiger partial charge in [0.05, 0.1) is 10.6 Å². The summed E-state index contributed by atoms with van der Waals surface area (Å²) in [4.78, 5) is 0. The highest BCUT2D eigenvalue weighted by Gasteiger charge is 2.43. The van der Waals surface area contributed by atoms with E-state index in [2.05, 4.69) is 23.7 Å². The molecule has 0 radical (unpaired) electrons. The van der Waals surface area contributed by atoms with Gasteiger partial charge in [0.1, 0.15) is 0 Å². The molecule has 2 unspecified atom stereocenters. The van der Waals surface area contributed by atoms with E-state index in [-0.39, 0.29) is 0 Å². The van der Waals surface area contributed by atoms with Crippen LogP contribution in [0.25, 0.3) is 11.1 Å². The average Bonchev–Trinajstić information content (AvgIpc) is 3.57. The van der Waals surface area contributed by atoms with Gasteiger partial charge in [-0.15, -0.1) is 0 Å². The summed E-state index contributed by atoms with van der Waals surface area (Å²) in [7, 11) is -6.64. The molecule has 0 amide bonds. The van der Waals surface area contributed by atoms with Gasteiger partial charge >= 0.3 is 0 Å². The van der Waals surface area contributed by atoms with Crippen LogP contribution in [0.5, 0.6) is 0 Å². The Labute approximate surface area is 281 Å². The summed E-state index contributed by atoms with van der Waals surface area (Å²) >= 11 is 0. The lowest BCUT2D eigenvalue weighted by Gasteiger charge is -2.15. The molecule has 226 valence electrons. The molecule has 2 nitrogen and oxygen atoms in total. The van der Waals surface area contributed by atoms with Crippen LogP contribution in [0.1, 0.15) is 22.3 Å². The van der Waals surface area contributed by atoms with E-state index in [9.17, 15) is 0 Å². The van der Waals surface area contributed by atoms with Crippen molar-refractivity contribution >= 4 is 46.6 Å². The third kappa shape index (κ3) is 4.70. The van der Waals surface area contributed by atoms with Crippen molar-refractivity contribution in [1.82, 2.24) is 0 Å². The SMILES string of the molecule is O=P1(c2ccccc2)C(C#CC#CC2=C(c3ccccc3)c3ccccc3P2(=O)c2ccccc2)=C(c2ccccc2)c2ccccc21. The fourth-order valence-electron chi connectivity index (χ4n) is 6.80. The van der Waals surface area contributed by atoms with E-state index < -0.39 is 14.3 Å². The van der Waals surface area contributed by atoms with Gasteiger partial charge < -0.3 is 9.13 Å². The van der Waals surface area contributed by atoms with Crippen LogP contribution < -0.4 is 21.2 Å². The molecule has 0 aliphatic carbocycles. The van der Waals surface area contributed by atoms with Gasteiger partial charge in [0.25, 0.3) is 0 Å². The fourth-order valence-corrected chi connectivity index (χ4v) is 12.7. The average molecular weight is 651 g/mol. The first-order chi connectivity index (χ1) is 23.6. The quantitative estimate of drug-likeness (QED) is 0.142. The highest BCUT2D eigenvalue weighted by molar-refractivity contribution is 7.84. The number of fused-ring (bicyclic) bond motifs is 2. The third-order valence-electron chi connectivity index (χ3n) is 8.92. The minimum Gasteiger partial charge on any atom is -0.308 e. The molecule has 4 heteroatoms. The van der Waals surface area contributed by atoms with Crippen LogP contribution in [0.15, 0.2) is 180 Å². The van der Waals surface area contributed by atoms with E-state index in [0.717, 1.165) is 54.6 Å². The zero-order chi connectivity index (χ0) is 32.6. The molecule has 2 aliphatic heterocycles. The van der Waals surface area contributed by atoms with Gasteiger partial charge in [-0.1, -0.05) is 170 Å². The third-order valence-corrected chi connectivity index (χ3v) is 15.0. The van der Waals surface area contributed by atoms with Gasteiger partial charge in [0.15, 0.2) is 14.3 Å². The Bertz CT molecular complexity index is 2310. The van der Waals surface area contributed by atoms with Crippen molar-refractivity contribution < 1.29 is 9.13 Å². The topological polar surface area (TPSA) is 34.1 Å². The van der Waals surface area contributed by atoms with Crippen molar-refractivity contribution in [2.24, 2.45) is 0 Å². The number of hydrogen-bond acceptors (Lipinski definition) is 2. The summed E-state index contributed by atoms with van der Waals surface area (Å²) in [5.74, 6) is 12.8. The molecule has 0 fully saturated rings.